The lowest BCUT2D eigenvalue weighted by Gasteiger charge is -2.29. The summed E-state index contributed by atoms with van der Waals surface area (Å²) in [5.41, 5.74) is 4.20. The molecular formula is C25H21N3OS. The van der Waals surface area contributed by atoms with Gasteiger partial charge < -0.3 is 4.90 Å². The second-order valence-corrected chi connectivity index (χ2v) is 8.30. The van der Waals surface area contributed by atoms with Gasteiger partial charge in [0.15, 0.2) is 0 Å². The maximum atomic E-state index is 13.0. The molecule has 0 saturated carbocycles. The van der Waals surface area contributed by atoms with Crippen LogP contribution in [0.2, 0.25) is 0 Å². The van der Waals surface area contributed by atoms with E-state index in [-0.39, 0.29) is 5.91 Å². The highest BCUT2D eigenvalue weighted by Gasteiger charge is 2.22. The van der Waals surface area contributed by atoms with Crippen molar-refractivity contribution in [2.24, 2.45) is 0 Å². The van der Waals surface area contributed by atoms with Crippen LogP contribution in [0.15, 0.2) is 83.9 Å². The summed E-state index contributed by atoms with van der Waals surface area (Å²) in [6, 6.07) is 26.4. The zero-order valence-electron chi connectivity index (χ0n) is 16.5. The number of hydrogen-bond acceptors (Lipinski definition) is 4. The van der Waals surface area contributed by atoms with Crippen LogP contribution in [0, 0.1) is 0 Å². The molecule has 0 radical (unpaired) electrons. The first-order chi connectivity index (χ1) is 14.8. The van der Waals surface area contributed by atoms with Gasteiger partial charge >= 0.3 is 0 Å². The van der Waals surface area contributed by atoms with Gasteiger partial charge in [-0.3, -0.25) is 4.79 Å². The highest BCUT2D eigenvalue weighted by atomic mass is 32.2. The number of carbonyl (C=O) groups excluding carboxylic acids is 1. The molecule has 0 bridgehead atoms. The van der Waals surface area contributed by atoms with Crippen LogP contribution in [-0.4, -0.2) is 28.4 Å². The molecule has 3 aromatic carbocycles. The van der Waals surface area contributed by atoms with Crippen molar-refractivity contribution in [1.29, 1.82) is 0 Å². The number of benzene rings is 3. The highest BCUT2D eigenvalue weighted by Crippen LogP contribution is 2.33. The number of amides is 1. The third-order valence-corrected chi connectivity index (χ3v) is 6.41. The zero-order chi connectivity index (χ0) is 20.3. The topological polar surface area (TPSA) is 46.1 Å². The van der Waals surface area contributed by atoms with Gasteiger partial charge in [-0.2, -0.15) is 0 Å². The Bertz CT molecular complexity index is 1210. The minimum absolute atomic E-state index is 0.116. The van der Waals surface area contributed by atoms with Crippen molar-refractivity contribution in [2.45, 2.75) is 17.9 Å². The van der Waals surface area contributed by atoms with E-state index in [1.54, 1.807) is 0 Å². The predicted molar refractivity (Wildman–Crippen MR) is 123 cm³/mol. The molecular weight excluding hydrogens is 390 g/mol. The predicted octanol–water partition coefficient (Wildman–Crippen LogP) is 5.37. The van der Waals surface area contributed by atoms with E-state index in [4.69, 9.17) is 0 Å². The van der Waals surface area contributed by atoms with Gasteiger partial charge in [-0.1, -0.05) is 84.6 Å². The Labute approximate surface area is 179 Å². The molecule has 148 valence electrons. The van der Waals surface area contributed by atoms with E-state index in [1.807, 2.05) is 65.6 Å². The molecule has 1 aliphatic heterocycles. The number of thioether (sulfide) groups is 1. The zero-order valence-corrected chi connectivity index (χ0v) is 17.3. The smallest absolute Gasteiger partial charge is 0.237 e. The van der Waals surface area contributed by atoms with E-state index < -0.39 is 0 Å². The number of aryl methyl sites for hydroxylation is 1. The Morgan fingerprint density at radius 1 is 0.867 bits per heavy atom. The van der Waals surface area contributed by atoms with Crippen LogP contribution in [0.4, 0.5) is 5.69 Å². The third-order valence-electron chi connectivity index (χ3n) is 5.44. The maximum absolute atomic E-state index is 13.0. The Kier molecular flexibility index (Phi) is 5.20. The lowest BCUT2D eigenvalue weighted by Crippen LogP contribution is -2.36. The summed E-state index contributed by atoms with van der Waals surface area (Å²) in [4.78, 5) is 14.9. The summed E-state index contributed by atoms with van der Waals surface area (Å²) in [6.07, 6.45) is 2.03. The Morgan fingerprint density at radius 2 is 1.60 bits per heavy atom. The first-order valence-corrected chi connectivity index (χ1v) is 11.1. The molecule has 1 aliphatic rings. The Balaban J connectivity index is 1.41. The quantitative estimate of drug-likeness (QED) is 0.424. The largest absolute Gasteiger partial charge is 0.311 e. The number of para-hydroxylation sites is 1. The lowest BCUT2D eigenvalue weighted by molar-refractivity contribution is -0.116. The molecule has 1 amide bonds. The molecule has 4 aromatic rings. The van der Waals surface area contributed by atoms with Crippen molar-refractivity contribution in [3.8, 4) is 11.3 Å². The van der Waals surface area contributed by atoms with Crippen molar-refractivity contribution in [3.63, 3.8) is 0 Å². The van der Waals surface area contributed by atoms with Crippen molar-refractivity contribution in [1.82, 2.24) is 10.2 Å². The number of rotatable bonds is 4. The first kappa shape index (κ1) is 18.8. The second-order valence-electron chi connectivity index (χ2n) is 7.33. The summed E-state index contributed by atoms with van der Waals surface area (Å²) in [7, 11) is 0. The van der Waals surface area contributed by atoms with Gasteiger partial charge in [-0.15, -0.1) is 10.2 Å². The minimum Gasteiger partial charge on any atom is -0.311 e. The molecule has 4 nitrogen and oxygen atoms in total. The number of nitrogens with zero attached hydrogens (tertiary/aromatic N) is 3. The van der Waals surface area contributed by atoms with Gasteiger partial charge in [0.2, 0.25) is 5.91 Å². The van der Waals surface area contributed by atoms with E-state index in [0.29, 0.717) is 5.75 Å². The monoisotopic (exact) mass is 411 g/mol. The molecule has 1 aromatic heterocycles. The molecule has 0 aliphatic carbocycles. The van der Waals surface area contributed by atoms with E-state index in [2.05, 4.69) is 28.4 Å². The van der Waals surface area contributed by atoms with E-state index in [0.717, 1.165) is 52.1 Å². The van der Waals surface area contributed by atoms with Crippen molar-refractivity contribution < 1.29 is 4.79 Å². The standard InChI is InChI=1S/C25H21N3OS/c29-23(28-16-8-12-18-9-4-7-15-22(18)28)17-30-25-21-14-6-5-13-20(21)24(26-27-25)19-10-2-1-3-11-19/h1-7,9-11,13-15H,8,12,16-17H2. The molecule has 0 spiro atoms. The van der Waals surface area contributed by atoms with Crippen LogP contribution in [0.25, 0.3) is 22.0 Å². The van der Waals surface area contributed by atoms with Gasteiger partial charge in [0, 0.05) is 28.6 Å². The molecule has 0 saturated heterocycles. The van der Waals surface area contributed by atoms with Crippen molar-refractivity contribution >= 4 is 34.1 Å². The fourth-order valence-electron chi connectivity index (χ4n) is 4.00. The van der Waals surface area contributed by atoms with Gasteiger partial charge in [-0.05, 0) is 24.5 Å². The molecule has 30 heavy (non-hydrogen) atoms. The van der Waals surface area contributed by atoms with E-state index in [9.17, 15) is 4.79 Å². The molecule has 2 heterocycles. The number of anilines is 1. The summed E-state index contributed by atoms with van der Waals surface area (Å²) in [5.74, 6) is 0.461. The number of carbonyl (C=O) groups is 1. The van der Waals surface area contributed by atoms with E-state index >= 15 is 0 Å². The number of aromatic nitrogens is 2. The lowest BCUT2D eigenvalue weighted by atomic mass is 10.0. The summed E-state index contributed by atoms with van der Waals surface area (Å²) in [5, 5.41) is 11.9. The third kappa shape index (κ3) is 3.57. The average molecular weight is 412 g/mol. The molecule has 0 N–H and O–H groups in total. The van der Waals surface area contributed by atoms with Gasteiger partial charge in [-0.25, -0.2) is 0 Å². The average Bonchev–Trinajstić information content (AvgIpc) is 2.82. The van der Waals surface area contributed by atoms with Crippen LogP contribution < -0.4 is 4.90 Å². The Morgan fingerprint density at radius 3 is 2.47 bits per heavy atom. The van der Waals surface area contributed by atoms with Gasteiger partial charge in [0.1, 0.15) is 10.7 Å². The molecule has 0 fully saturated rings. The fourth-order valence-corrected chi connectivity index (χ4v) is 4.84. The first-order valence-electron chi connectivity index (χ1n) is 10.1. The van der Waals surface area contributed by atoms with Crippen LogP contribution in [0.5, 0.6) is 0 Å². The highest BCUT2D eigenvalue weighted by molar-refractivity contribution is 8.00. The van der Waals surface area contributed by atoms with Crippen LogP contribution in [0.1, 0.15) is 12.0 Å². The van der Waals surface area contributed by atoms with Crippen LogP contribution >= 0.6 is 11.8 Å². The fraction of sp³-hybridized carbons (Fsp3) is 0.160. The van der Waals surface area contributed by atoms with Crippen LogP contribution in [-0.2, 0) is 11.2 Å². The van der Waals surface area contributed by atoms with Gasteiger partial charge in [0.25, 0.3) is 0 Å². The Hall–Kier alpha value is -3.18. The maximum Gasteiger partial charge on any atom is 0.237 e. The summed E-state index contributed by atoms with van der Waals surface area (Å²) < 4.78 is 0. The van der Waals surface area contributed by atoms with Crippen molar-refractivity contribution in [3.05, 3.63) is 84.4 Å². The molecule has 0 unspecified atom stereocenters. The number of hydrogen-bond donors (Lipinski definition) is 0. The molecule has 5 rings (SSSR count). The SMILES string of the molecule is O=C(CSc1nnc(-c2ccccc2)c2ccccc12)N1CCCc2ccccc21. The molecule has 0 atom stereocenters. The minimum atomic E-state index is 0.116. The van der Waals surface area contributed by atoms with E-state index in [1.165, 1.54) is 17.3 Å². The van der Waals surface area contributed by atoms with Gasteiger partial charge in [0.05, 0.1) is 5.75 Å². The summed E-state index contributed by atoms with van der Waals surface area (Å²) in [6.45, 7) is 0.774. The molecule has 5 heteroatoms. The summed E-state index contributed by atoms with van der Waals surface area (Å²) >= 11 is 1.47. The van der Waals surface area contributed by atoms with Crippen LogP contribution in [0.3, 0.4) is 0 Å². The number of fused-ring (bicyclic) bond motifs is 2. The second kappa shape index (κ2) is 8.28. The van der Waals surface area contributed by atoms with Crippen molar-refractivity contribution in [2.75, 3.05) is 17.2 Å². The normalized spacial score (nSPS) is 13.3.